The SMILES string of the molecule is Cn1nccc1CCNCCO. The van der Waals surface area contributed by atoms with Gasteiger partial charge >= 0.3 is 0 Å². The molecule has 0 radical (unpaired) electrons. The standard InChI is InChI=1S/C8H15N3O/c1-11-8(3-5-10-11)2-4-9-6-7-12/h3,5,9,12H,2,4,6-7H2,1H3. The quantitative estimate of drug-likeness (QED) is 0.587. The lowest BCUT2D eigenvalue weighted by molar-refractivity contribution is 0.292. The smallest absolute Gasteiger partial charge is 0.0555 e. The van der Waals surface area contributed by atoms with Crippen LogP contribution in [0.15, 0.2) is 12.3 Å². The predicted molar refractivity (Wildman–Crippen MR) is 46.9 cm³/mol. The van der Waals surface area contributed by atoms with Crippen LogP contribution in [0.2, 0.25) is 0 Å². The van der Waals surface area contributed by atoms with Gasteiger partial charge in [0.25, 0.3) is 0 Å². The molecular formula is C8H15N3O. The van der Waals surface area contributed by atoms with Crippen molar-refractivity contribution in [1.82, 2.24) is 15.1 Å². The molecule has 0 saturated heterocycles. The van der Waals surface area contributed by atoms with Gasteiger partial charge in [0.05, 0.1) is 6.61 Å². The predicted octanol–water partition coefficient (Wildman–Crippen LogP) is -0.455. The summed E-state index contributed by atoms with van der Waals surface area (Å²) in [6, 6.07) is 2.00. The molecule has 0 unspecified atom stereocenters. The molecule has 0 aliphatic carbocycles. The molecule has 68 valence electrons. The molecule has 2 N–H and O–H groups in total. The van der Waals surface area contributed by atoms with Gasteiger partial charge in [0.15, 0.2) is 0 Å². The highest BCUT2D eigenvalue weighted by molar-refractivity contribution is 5.00. The topological polar surface area (TPSA) is 50.1 Å². The molecule has 12 heavy (non-hydrogen) atoms. The summed E-state index contributed by atoms with van der Waals surface area (Å²) in [4.78, 5) is 0. The van der Waals surface area contributed by atoms with Gasteiger partial charge in [-0.2, -0.15) is 5.10 Å². The lowest BCUT2D eigenvalue weighted by atomic mass is 10.3. The maximum absolute atomic E-state index is 8.50. The normalized spacial score (nSPS) is 10.5. The van der Waals surface area contributed by atoms with E-state index in [1.807, 2.05) is 17.8 Å². The minimum absolute atomic E-state index is 0.200. The van der Waals surface area contributed by atoms with Crippen molar-refractivity contribution in [2.45, 2.75) is 6.42 Å². The van der Waals surface area contributed by atoms with Crippen molar-refractivity contribution < 1.29 is 5.11 Å². The Labute approximate surface area is 72.2 Å². The highest BCUT2D eigenvalue weighted by Gasteiger charge is 1.96. The van der Waals surface area contributed by atoms with Crippen molar-refractivity contribution in [1.29, 1.82) is 0 Å². The van der Waals surface area contributed by atoms with Gasteiger partial charge in [0.1, 0.15) is 0 Å². The Morgan fingerprint density at radius 3 is 3.00 bits per heavy atom. The first-order valence-electron chi connectivity index (χ1n) is 4.13. The van der Waals surface area contributed by atoms with E-state index in [4.69, 9.17) is 5.11 Å². The molecular weight excluding hydrogens is 154 g/mol. The van der Waals surface area contributed by atoms with Crippen LogP contribution >= 0.6 is 0 Å². The Morgan fingerprint density at radius 1 is 1.58 bits per heavy atom. The Hall–Kier alpha value is -0.870. The van der Waals surface area contributed by atoms with Gasteiger partial charge in [0, 0.05) is 38.4 Å². The van der Waals surface area contributed by atoms with E-state index in [-0.39, 0.29) is 6.61 Å². The van der Waals surface area contributed by atoms with Crippen LogP contribution in [0.5, 0.6) is 0 Å². The number of aliphatic hydroxyl groups excluding tert-OH is 1. The van der Waals surface area contributed by atoms with Crippen LogP contribution in [0.4, 0.5) is 0 Å². The first-order valence-corrected chi connectivity index (χ1v) is 4.13. The van der Waals surface area contributed by atoms with E-state index in [9.17, 15) is 0 Å². The molecule has 0 amide bonds. The van der Waals surface area contributed by atoms with Crippen molar-refractivity contribution in [2.75, 3.05) is 19.7 Å². The first-order chi connectivity index (χ1) is 5.84. The number of nitrogens with one attached hydrogen (secondary N) is 1. The van der Waals surface area contributed by atoms with Crippen LogP contribution < -0.4 is 5.32 Å². The third kappa shape index (κ3) is 2.64. The van der Waals surface area contributed by atoms with Crippen molar-refractivity contribution >= 4 is 0 Å². The van der Waals surface area contributed by atoms with Gasteiger partial charge in [-0.25, -0.2) is 0 Å². The van der Waals surface area contributed by atoms with Gasteiger partial charge in [-0.1, -0.05) is 0 Å². The summed E-state index contributed by atoms with van der Waals surface area (Å²) in [7, 11) is 1.93. The zero-order chi connectivity index (χ0) is 8.81. The van der Waals surface area contributed by atoms with Crippen molar-refractivity contribution in [2.24, 2.45) is 7.05 Å². The first kappa shape index (κ1) is 9.22. The van der Waals surface area contributed by atoms with E-state index in [1.165, 1.54) is 5.69 Å². The fraction of sp³-hybridized carbons (Fsp3) is 0.625. The second-order valence-electron chi connectivity index (χ2n) is 2.67. The molecule has 1 rings (SSSR count). The molecule has 0 aromatic carbocycles. The largest absolute Gasteiger partial charge is 0.395 e. The summed E-state index contributed by atoms with van der Waals surface area (Å²) < 4.78 is 1.86. The average molecular weight is 169 g/mol. The molecule has 0 aliphatic heterocycles. The number of hydrogen-bond donors (Lipinski definition) is 2. The maximum Gasteiger partial charge on any atom is 0.0555 e. The molecule has 0 atom stereocenters. The Bertz CT molecular complexity index is 222. The molecule has 0 fully saturated rings. The monoisotopic (exact) mass is 169 g/mol. The van der Waals surface area contributed by atoms with Crippen LogP contribution in [-0.4, -0.2) is 34.6 Å². The molecule has 0 bridgehead atoms. The zero-order valence-corrected chi connectivity index (χ0v) is 7.32. The second-order valence-corrected chi connectivity index (χ2v) is 2.67. The van der Waals surface area contributed by atoms with E-state index >= 15 is 0 Å². The van der Waals surface area contributed by atoms with Crippen LogP contribution in [0.25, 0.3) is 0 Å². The van der Waals surface area contributed by atoms with Crippen LogP contribution in [0.3, 0.4) is 0 Å². The number of hydrogen-bond acceptors (Lipinski definition) is 3. The highest BCUT2D eigenvalue weighted by atomic mass is 16.3. The molecule has 1 aromatic heterocycles. The van der Waals surface area contributed by atoms with Gasteiger partial charge in [-0.15, -0.1) is 0 Å². The second kappa shape index (κ2) is 4.90. The molecule has 4 heteroatoms. The molecule has 0 spiro atoms. The molecule has 0 aliphatic rings. The fourth-order valence-corrected chi connectivity index (χ4v) is 1.07. The van der Waals surface area contributed by atoms with E-state index in [0.29, 0.717) is 6.54 Å². The minimum atomic E-state index is 0.200. The van der Waals surface area contributed by atoms with Crippen LogP contribution in [0.1, 0.15) is 5.69 Å². The Morgan fingerprint density at radius 2 is 2.42 bits per heavy atom. The molecule has 4 nitrogen and oxygen atoms in total. The lowest BCUT2D eigenvalue weighted by Gasteiger charge is -2.02. The molecule has 1 heterocycles. The fourth-order valence-electron chi connectivity index (χ4n) is 1.07. The van der Waals surface area contributed by atoms with E-state index in [2.05, 4.69) is 10.4 Å². The molecule has 1 aromatic rings. The number of aliphatic hydroxyl groups is 1. The van der Waals surface area contributed by atoms with E-state index in [1.54, 1.807) is 6.20 Å². The van der Waals surface area contributed by atoms with Gasteiger partial charge in [-0.05, 0) is 6.07 Å². The number of aryl methyl sites for hydroxylation is 1. The Balaban J connectivity index is 2.20. The summed E-state index contributed by atoms with van der Waals surface area (Å²) in [5.74, 6) is 0. The van der Waals surface area contributed by atoms with Crippen molar-refractivity contribution in [3.8, 4) is 0 Å². The number of nitrogens with zero attached hydrogens (tertiary/aromatic N) is 2. The van der Waals surface area contributed by atoms with E-state index < -0.39 is 0 Å². The van der Waals surface area contributed by atoms with Crippen molar-refractivity contribution in [3.05, 3.63) is 18.0 Å². The maximum atomic E-state index is 8.50. The van der Waals surface area contributed by atoms with Gasteiger partial charge < -0.3 is 10.4 Å². The average Bonchev–Trinajstić information content (AvgIpc) is 2.46. The third-order valence-corrected chi connectivity index (χ3v) is 1.77. The van der Waals surface area contributed by atoms with Crippen LogP contribution in [0, 0.1) is 0 Å². The Kier molecular flexibility index (Phi) is 3.76. The summed E-state index contributed by atoms with van der Waals surface area (Å²) in [5.41, 5.74) is 1.21. The summed E-state index contributed by atoms with van der Waals surface area (Å²) >= 11 is 0. The molecule has 0 saturated carbocycles. The van der Waals surface area contributed by atoms with Gasteiger partial charge in [-0.3, -0.25) is 4.68 Å². The number of rotatable bonds is 5. The van der Waals surface area contributed by atoms with Crippen molar-refractivity contribution in [3.63, 3.8) is 0 Å². The highest BCUT2D eigenvalue weighted by Crippen LogP contribution is 1.95. The summed E-state index contributed by atoms with van der Waals surface area (Å²) in [5, 5.41) is 15.7. The zero-order valence-electron chi connectivity index (χ0n) is 7.32. The minimum Gasteiger partial charge on any atom is -0.395 e. The summed E-state index contributed by atoms with van der Waals surface area (Å²) in [6.07, 6.45) is 2.75. The number of aromatic nitrogens is 2. The van der Waals surface area contributed by atoms with Crippen LogP contribution in [-0.2, 0) is 13.5 Å². The third-order valence-electron chi connectivity index (χ3n) is 1.77. The van der Waals surface area contributed by atoms with Gasteiger partial charge in [0.2, 0.25) is 0 Å². The lowest BCUT2D eigenvalue weighted by Crippen LogP contribution is -2.21. The van der Waals surface area contributed by atoms with E-state index in [0.717, 1.165) is 13.0 Å². The summed E-state index contributed by atoms with van der Waals surface area (Å²) in [6.45, 7) is 1.75.